The second-order valence-corrected chi connectivity index (χ2v) is 4.33. The van der Waals surface area contributed by atoms with Crippen LogP contribution in [0, 0.1) is 0 Å². The van der Waals surface area contributed by atoms with Crippen LogP contribution < -0.4 is 9.47 Å². The number of ether oxygens (including phenoxy) is 2. The maximum atomic E-state index is 11.7. The molecule has 0 aliphatic carbocycles. The zero-order chi connectivity index (χ0) is 14.3. The fourth-order valence-electron chi connectivity index (χ4n) is 1.52. The van der Waals surface area contributed by atoms with Crippen molar-refractivity contribution in [3.05, 3.63) is 23.8 Å². The highest BCUT2D eigenvalue weighted by molar-refractivity contribution is 5.87. The molecule has 0 N–H and O–H groups in total. The number of amides is 1. The molecule has 19 heavy (non-hydrogen) atoms. The predicted octanol–water partition coefficient (Wildman–Crippen LogP) is 1.41. The van der Waals surface area contributed by atoms with E-state index in [0.29, 0.717) is 18.0 Å². The van der Waals surface area contributed by atoms with Crippen molar-refractivity contribution in [2.45, 2.75) is 6.42 Å². The highest BCUT2D eigenvalue weighted by Gasteiger charge is 2.07. The molecule has 0 heterocycles. The van der Waals surface area contributed by atoms with E-state index in [9.17, 15) is 4.79 Å². The van der Waals surface area contributed by atoms with E-state index >= 15 is 0 Å². The number of hydrogen-bond acceptors (Lipinski definition) is 4. The lowest BCUT2D eigenvalue weighted by Crippen LogP contribution is -2.14. The summed E-state index contributed by atoms with van der Waals surface area (Å²) in [7, 11) is 6.99. The number of benzene rings is 1. The monoisotopic (exact) mass is 264 g/mol. The first-order valence-electron chi connectivity index (χ1n) is 5.97. The van der Waals surface area contributed by atoms with Gasteiger partial charge in [0.1, 0.15) is 0 Å². The van der Waals surface area contributed by atoms with E-state index in [4.69, 9.17) is 9.47 Å². The molecule has 1 amide bonds. The van der Waals surface area contributed by atoms with Crippen LogP contribution in [0.3, 0.4) is 0 Å². The molecule has 0 atom stereocenters. The van der Waals surface area contributed by atoms with Crippen LogP contribution >= 0.6 is 0 Å². The van der Waals surface area contributed by atoms with Crippen molar-refractivity contribution in [1.82, 2.24) is 4.90 Å². The normalized spacial score (nSPS) is 11.0. The molecule has 104 valence electrons. The number of hydrogen-bond donors (Lipinski definition) is 0. The third-order valence-electron chi connectivity index (χ3n) is 2.49. The van der Waals surface area contributed by atoms with Gasteiger partial charge in [-0.05, 0) is 31.8 Å². The molecule has 1 aromatic rings. The summed E-state index contributed by atoms with van der Waals surface area (Å²) >= 11 is 0. The zero-order valence-corrected chi connectivity index (χ0v) is 11.8. The average Bonchev–Trinajstić information content (AvgIpc) is 2.38. The topological polar surface area (TPSA) is 51.1 Å². The third kappa shape index (κ3) is 5.09. The van der Waals surface area contributed by atoms with Gasteiger partial charge in [-0.25, -0.2) is 4.99 Å². The molecule has 0 aliphatic rings. The molecule has 0 aliphatic heterocycles. The fraction of sp³-hybridized carbons (Fsp3) is 0.429. The van der Waals surface area contributed by atoms with E-state index < -0.39 is 0 Å². The van der Waals surface area contributed by atoms with Gasteiger partial charge in [0.2, 0.25) is 5.91 Å². The maximum Gasteiger partial charge on any atom is 0.249 e. The van der Waals surface area contributed by atoms with Crippen LogP contribution in [0.5, 0.6) is 11.5 Å². The Morgan fingerprint density at radius 2 is 1.95 bits per heavy atom. The predicted molar refractivity (Wildman–Crippen MR) is 75.3 cm³/mol. The van der Waals surface area contributed by atoms with Gasteiger partial charge in [0, 0.05) is 12.8 Å². The molecule has 0 spiro atoms. The van der Waals surface area contributed by atoms with E-state index in [-0.39, 0.29) is 12.3 Å². The summed E-state index contributed by atoms with van der Waals surface area (Å²) in [6.07, 6.45) is 1.87. The number of carbonyl (C=O) groups excluding carboxylic acids is 1. The lowest BCUT2D eigenvalue weighted by Gasteiger charge is -2.08. The highest BCUT2D eigenvalue weighted by Crippen LogP contribution is 2.27. The molecule has 1 rings (SSSR count). The molecule has 0 saturated carbocycles. The molecule has 0 unspecified atom stereocenters. The number of methoxy groups -OCH3 is 2. The molecule has 0 fully saturated rings. The summed E-state index contributed by atoms with van der Waals surface area (Å²) in [4.78, 5) is 17.5. The van der Waals surface area contributed by atoms with Crippen molar-refractivity contribution >= 4 is 12.1 Å². The van der Waals surface area contributed by atoms with Crippen LogP contribution in [0.2, 0.25) is 0 Å². The van der Waals surface area contributed by atoms with Crippen molar-refractivity contribution in [2.24, 2.45) is 4.99 Å². The van der Waals surface area contributed by atoms with Crippen LogP contribution in [0.1, 0.15) is 5.56 Å². The Bertz CT molecular complexity index is 456. The smallest absolute Gasteiger partial charge is 0.249 e. The molecule has 0 saturated heterocycles. The second-order valence-electron chi connectivity index (χ2n) is 4.33. The largest absolute Gasteiger partial charge is 0.493 e. The van der Waals surface area contributed by atoms with Crippen molar-refractivity contribution in [3.8, 4) is 11.5 Å². The fourth-order valence-corrected chi connectivity index (χ4v) is 1.52. The lowest BCUT2D eigenvalue weighted by molar-refractivity contribution is -0.117. The van der Waals surface area contributed by atoms with Crippen LogP contribution in [-0.2, 0) is 11.2 Å². The zero-order valence-electron chi connectivity index (χ0n) is 11.8. The summed E-state index contributed by atoms with van der Waals surface area (Å²) in [5.74, 6) is 1.09. The van der Waals surface area contributed by atoms with Gasteiger partial charge in [-0.2, -0.15) is 0 Å². The number of carbonyl (C=O) groups is 1. The van der Waals surface area contributed by atoms with Crippen LogP contribution in [0.4, 0.5) is 0 Å². The van der Waals surface area contributed by atoms with E-state index in [1.54, 1.807) is 32.6 Å². The molecular weight excluding hydrogens is 244 g/mol. The number of nitrogens with zero attached hydrogens (tertiary/aromatic N) is 2. The summed E-state index contributed by atoms with van der Waals surface area (Å²) in [6, 6.07) is 5.41. The molecular formula is C14H20N2O3. The minimum Gasteiger partial charge on any atom is -0.493 e. The van der Waals surface area contributed by atoms with Gasteiger partial charge in [-0.1, -0.05) is 6.07 Å². The summed E-state index contributed by atoms with van der Waals surface area (Å²) in [5.41, 5.74) is 0.852. The Morgan fingerprint density at radius 1 is 1.26 bits per heavy atom. The van der Waals surface area contributed by atoms with E-state index in [1.165, 1.54) is 0 Å². The van der Waals surface area contributed by atoms with Crippen LogP contribution in [0.25, 0.3) is 0 Å². The Kier molecular flexibility index (Phi) is 6.02. The van der Waals surface area contributed by atoms with Crippen molar-refractivity contribution in [1.29, 1.82) is 0 Å². The quantitative estimate of drug-likeness (QED) is 0.729. The lowest BCUT2D eigenvalue weighted by atomic mass is 10.1. The Labute approximate surface area is 113 Å². The first kappa shape index (κ1) is 15.2. The number of rotatable bonds is 6. The summed E-state index contributed by atoms with van der Waals surface area (Å²) in [5, 5.41) is 0. The van der Waals surface area contributed by atoms with Gasteiger partial charge < -0.3 is 14.4 Å². The minimum absolute atomic E-state index is 0.172. The Balaban J connectivity index is 2.67. The second kappa shape index (κ2) is 7.53. The van der Waals surface area contributed by atoms with E-state index in [1.807, 2.05) is 25.1 Å². The third-order valence-corrected chi connectivity index (χ3v) is 2.49. The van der Waals surface area contributed by atoms with Crippen molar-refractivity contribution in [2.75, 3.05) is 34.9 Å². The van der Waals surface area contributed by atoms with Crippen LogP contribution in [-0.4, -0.2) is 51.9 Å². The van der Waals surface area contributed by atoms with E-state index in [2.05, 4.69) is 4.99 Å². The van der Waals surface area contributed by atoms with Crippen molar-refractivity contribution < 1.29 is 14.3 Å². The number of aliphatic imine (C=N–C) groups is 1. The molecule has 0 bridgehead atoms. The van der Waals surface area contributed by atoms with Gasteiger partial charge in [-0.15, -0.1) is 0 Å². The average molecular weight is 264 g/mol. The molecule has 5 heteroatoms. The van der Waals surface area contributed by atoms with Gasteiger partial charge >= 0.3 is 0 Å². The van der Waals surface area contributed by atoms with E-state index in [0.717, 1.165) is 5.56 Å². The molecule has 5 nitrogen and oxygen atoms in total. The SMILES string of the molecule is COc1ccc(CC(=O)N=CCN(C)C)cc1OC. The first-order valence-corrected chi connectivity index (χ1v) is 5.97. The maximum absolute atomic E-state index is 11.7. The van der Waals surface area contributed by atoms with Crippen LogP contribution in [0.15, 0.2) is 23.2 Å². The molecule has 0 radical (unpaired) electrons. The van der Waals surface area contributed by atoms with Gasteiger partial charge in [0.25, 0.3) is 0 Å². The highest BCUT2D eigenvalue weighted by atomic mass is 16.5. The molecule has 1 aromatic carbocycles. The van der Waals surface area contributed by atoms with Gasteiger partial charge in [-0.3, -0.25) is 4.79 Å². The van der Waals surface area contributed by atoms with Gasteiger partial charge in [0.05, 0.1) is 20.6 Å². The summed E-state index contributed by atoms with van der Waals surface area (Å²) in [6.45, 7) is 0.650. The van der Waals surface area contributed by atoms with Gasteiger partial charge in [0.15, 0.2) is 11.5 Å². The van der Waals surface area contributed by atoms with Crippen molar-refractivity contribution in [3.63, 3.8) is 0 Å². The first-order chi connectivity index (χ1) is 9.06. The minimum atomic E-state index is -0.172. The standard InChI is InChI=1S/C14H20N2O3/c1-16(2)8-7-15-14(17)10-11-5-6-12(18-3)13(9-11)19-4/h5-7,9H,8,10H2,1-4H3. The Hall–Kier alpha value is -1.88. The molecule has 0 aromatic heterocycles. The summed E-state index contributed by atoms with van der Waals surface area (Å²) < 4.78 is 10.3. The Morgan fingerprint density at radius 3 is 2.53 bits per heavy atom.